The van der Waals surface area contributed by atoms with Gasteiger partial charge in [0.1, 0.15) is 0 Å². The van der Waals surface area contributed by atoms with Gasteiger partial charge in [-0.15, -0.1) is 0 Å². The van der Waals surface area contributed by atoms with Crippen LogP contribution in [0.4, 0.5) is 5.69 Å². The van der Waals surface area contributed by atoms with E-state index in [1.807, 2.05) is 25.1 Å². The van der Waals surface area contributed by atoms with Crippen molar-refractivity contribution in [3.05, 3.63) is 70.0 Å². The molecule has 0 bridgehead atoms. The Morgan fingerprint density at radius 1 is 1.15 bits per heavy atom. The van der Waals surface area contributed by atoms with E-state index in [9.17, 15) is 0 Å². The molecule has 212 valence electrons. The number of benzene rings is 1. The van der Waals surface area contributed by atoms with Crippen molar-refractivity contribution in [1.29, 1.82) is 0 Å². The van der Waals surface area contributed by atoms with E-state index in [0.717, 1.165) is 74.1 Å². The first-order chi connectivity index (χ1) is 19.5. The second kappa shape index (κ2) is 11.8. The molecule has 0 saturated carbocycles. The normalized spacial score (nSPS) is 24.9. The number of nitrogens with one attached hydrogen (secondary N) is 1. The third kappa shape index (κ3) is 5.32. The van der Waals surface area contributed by atoms with Crippen molar-refractivity contribution in [1.82, 2.24) is 20.2 Å². The largest absolute Gasteiger partial charge is 0.477 e. The summed E-state index contributed by atoms with van der Waals surface area (Å²) < 4.78 is 5.87. The number of hydrogen-bond acceptors (Lipinski definition) is 6. The Hall–Kier alpha value is -2.38. The third-order valence-electron chi connectivity index (χ3n) is 9.15. The molecule has 2 aromatic heterocycles. The maximum atomic E-state index is 6.67. The Kier molecular flexibility index (Phi) is 8.23. The van der Waals surface area contributed by atoms with Crippen LogP contribution in [0.2, 0.25) is 10.0 Å². The number of pyridine rings is 2. The molecule has 40 heavy (non-hydrogen) atoms. The van der Waals surface area contributed by atoms with E-state index in [4.69, 9.17) is 32.9 Å². The van der Waals surface area contributed by atoms with Crippen molar-refractivity contribution in [3.8, 4) is 17.1 Å². The van der Waals surface area contributed by atoms with Gasteiger partial charge in [-0.3, -0.25) is 9.88 Å². The lowest BCUT2D eigenvalue weighted by atomic mass is 9.62. The molecule has 3 aliphatic heterocycles. The molecule has 2 saturated heterocycles. The molecule has 2 fully saturated rings. The molecule has 8 heteroatoms. The number of rotatable bonds is 7. The van der Waals surface area contributed by atoms with Crippen LogP contribution in [0.1, 0.15) is 50.8 Å². The summed E-state index contributed by atoms with van der Waals surface area (Å²) in [5.74, 6) is 1.12. The molecule has 3 aromatic rings. The smallest absolute Gasteiger partial charge is 0.222 e. The summed E-state index contributed by atoms with van der Waals surface area (Å²) in [6.45, 7) is 10.9. The molecular formula is C32H39Cl2N5O. The molecule has 6 rings (SSSR count). The average molecular weight is 581 g/mol. The number of piperidine rings is 1. The van der Waals surface area contributed by atoms with Crippen LogP contribution in [0.3, 0.4) is 0 Å². The Morgan fingerprint density at radius 2 is 2.05 bits per heavy atom. The summed E-state index contributed by atoms with van der Waals surface area (Å²) in [7, 11) is 0. The molecule has 1 N–H and O–H groups in total. The van der Waals surface area contributed by atoms with E-state index in [1.165, 1.54) is 24.1 Å². The molecular weight excluding hydrogens is 541 g/mol. The van der Waals surface area contributed by atoms with Gasteiger partial charge in [0.15, 0.2) is 0 Å². The lowest BCUT2D eigenvalue weighted by Crippen LogP contribution is -2.58. The quantitative estimate of drug-likeness (QED) is 0.340. The van der Waals surface area contributed by atoms with Crippen LogP contribution in [0.15, 0.2) is 48.7 Å². The minimum Gasteiger partial charge on any atom is -0.477 e. The van der Waals surface area contributed by atoms with Gasteiger partial charge in [0.2, 0.25) is 5.88 Å². The predicted molar refractivity (Wildman–Crippen MR) is 164 cm³/mol. The highest BCUT2D eigenvalue weighted by atomic mass is 35.5. The summed E-state index contributed by atoms with van der Waals surface area (Å²) >= 11 is 12.9. The molecule has 5 heterocycles. The number of anilines is 1. The molecule has 3 atom stereocenters. The van der Waals surface area contributed by atoms with E-state index < -0.39 is 0 Å². The molecule has 6 nitrogen and oxygen atoms in total. The van der Waals surface area contributed by atoms with E-state index in [2.05, 4.69) is 51.3 Å². The highest BCUT2D eigenvalue weighted by Gasteiger charge is 2.48. The van der Waals surface area contributed by atoms with E-state index in [0.29, 0.717) is 29.5 Å². The van der Waals surface area contributed by atoms with Crippen molar-refractivity contribution in [2.24, 2.45) is 5.92 Å². The minimum atomic E-state index is 0.0412. The van der Waals surface area contributed by atoms with Crippen LogP contribution in [0, 0.1) is 5.92 Å². The standard InChI is InChI=1S/C32H39Cl2N5O/c1-3-22-18-39(30-12-9-23(33)17-27(30)34)16-13-32(22)21-38(19-24-7-5-14-35-24)20-29-26(32)10-11-28(37-29)25-8-6-15-36-31(25)40-4-2/h6,8-12,15,17,22,24,35H,3-5,7,13-14,16,18-21H2,1-2H3/t22-,24-,32+/m1/s1. The van der Waals surface area contributed by atoms with Gasteiger partial charge < -0.3 is 15.0 Å². The number of aromatic nitrogens is 2. The predicted octanol–water partition coefficient (Wildman–Crippen LogP) is 6.59. The maximum Gasteiger partial charge on any atom is 0.222 e. The third-order valence-corrected chi connectivity index (χ3v) is 9.69. The summed E-state index contributed by atoms with van der Waals surface area (Å²) in [5.41, 5.74) is 5.63. The van der Waals surface area contributed by atoms with Crippen LogP contribution < -0.4 is 15.0 Å². The van der Waals surface area contributed by atoms with Gasteiger partial charge in [0.05, 0.1) is 34.3 Å². The van der Waals surface area contributed by atoms with Crippen LogP contribution in [-0.2, 0) is 12.0 Å². The van der Waals surface area contributed by atoms with Crippen molar-refractivity contribution < 1.29 is 4.74 Å². The Labute approximate surface area is 248 Å². The zero-order chi connectivity index (χ0) is 27.7. The van der Waals surface area contributed by atoms with Gasteiger partial charge in [0, 0.05) is 55.4 Å². The fourth-order valence-electron chi connectivity index (χ4n) is 7.28. The van der Waals surface area contributed by atoms with Crippen LogP contribution in [-0.4, -0.2) is 60.2 Å². The lowest BCUT2D eigenvalue weighted by molar-refractivity contribution is 0.0968. The fourth-order valence-corrected chi connectivity index (χ4v) is 7.81. The van der Waals surface area contributed by atoms with E-state index in [1.54, 1.807) is 6.20 Å². The van der Waals surface area contributed by atoms with Crippen LogP contribution in [0.5, 0.6) is 5.88 Å². The van der Waals surface area contributed by atoms with Crippen LogP contribution in [0.25, 0.3) is 11.3 Å². The number of nitrogens with zero attached hydrogens (tertiary/aromatic N) is 4. The average Bonchev–Trinajstić information content (AvgIpc) is 3.47. The number of fused-ring (bicyclic) bond motifs is 2. The molecule has 0 aliphatic carbocycles. The first-order valence-electron chi connectivity index (χ1n) is 14.7. The Morgan fingerprint density at radius 3 is 2.83 bits per heavy atom. The highest BCUT2D eigenvalue weighted by Crippen LogP contribution is 2.48. The topological polar surface area (TPSA) is 53.5 Å². The van der Waals surface area contributed by atoms with Gasteiger partial charge in [-0.05, 0) is 80.6 Å². The number of halogens is 2. The summed E-state index contributed by atoms with van der Waals surface area (Å²) in [6, 6.07) is 15.0. The summed E-state index contributed by atoms with van der Waals surface area (Å²) in [5, 5.41) is 5.12. The number of ether oxygens (including phenoxy) is 1. The molecule has 0 amide bonds. The van der Waals surface area contributed by atoms with Gasteiger partial charge in [-0.1, -0.05) is 42.6 Å². The minimum absolute atomic E-state index is 0.0412. The Balaban J connectivity index is 1.37. The molecule has 1 aromatic carbocycles. The van der Waals surface area contributed by atoms with Gasteiger partial charge >= 0.3 is 0 Å². The van der Waals surface area contributed by atoms with Crippen molar-refractivity contribution in [3.63, 3.8) is 0 Å². The van der Waals surface area contributed by atoms with Crippen molar-refractivity contribution in [2.45, 2.75) is 57.5 Å². The molecule has 1 spiro atoms. The van der Waals surface area contributed by atoms with Gasteiger partial charge in [-0.25, -0.2) is 4.98 Å². The fraction of sp³-hybridized carbons (Fsp3) is 0.500. The number of hydrogen-bond donors (Lipinski definition) is 1. The second-order valence-electron chi connectivity index (χ2n) is 11.5. The lowest BCUT2D eigenvalue weighted by Gasteiger charge is -2.53. The highest BCUT2D eigenvalue weighted by molar-refractivity contribution is 6.36. The summed E-state index contributed by atoms with van der Waals surface area (Å²) in [6.07, 6.45) is 6.44. The zero-order valence-corrected chi connectivity index (χ0v) is 25.0. The zero-order valence-electron chi connectivity index (χ0n) is 23.5. The molecule has 0 radical (unpaired) electrons. The second-order valence-corrected chi connectivity index (χ2v) is 12.3. The first-order valence-corrected chi connectivity index (χ1v) is 15.5. The summed E-state index contributed by atoms with van der Waals surface area (Å²) in [4.78, 5) is 15.0. The van der Waals surface area contributed by atoms with Crippen molar-refractivity contribution >= 4 is 28.9 Å². The monoisotopic (exact) mass is 579 g/mol. The first kappa shape index (κ1) is 27.8. The van der Waals surface area contributed by atoms with Crippen LogP contribution >= 0.6 is 23.2 Å². The maximum absolute atomic E-state index is 6.67. The van der Waals surface area contributed by atoms with Gasteiger partial charge in [0.25, 0.3) is 0 Å². The molecule has 0 unspecified atom stereocenters. The van der Waals surface area contributed by atoms with Crippen molar-refractivity contribution in [2.75, 3.05) is 44.2 Å². The van der Waals surface area contributed by atoms with E-state index >= 15 is 0 Å². The molecule has 3 aliphatic rings. The Bertz CT molecular complexity index is 1350. The van der Waals surface area contributed by atoms with E-state index in [-0.39, 0.29) is 5.41 Å². The van der Waals surface area contributed by atoms with Gasteiger partial charge in [-0.2, -0.15) is 0 Å². The SMILES string of the molecule is CCOc1ncccc1-c1ccc2c(n1)CN(C[C@H]1CCCN1)C[C@]21CCN(c2ccc(Cl)cc2Cl)C[C@H]1CC.